The fraction of sp³-hybridized carbons (Fsp3) is 0.286. The summed E-state index contributed by atoms with van der Waals surface area (Å²) in [5, 5.41) is 22.0. The fourth-order valence-electron chi connectivity index (χ4n) is 4.10. The minimum Gasteiger partial charge on any atom is -0.384 e. The molecule has 0 aromatic carbocycles. The largest absolute Gasteiger partial charge is 0.384 e. The van der Waals surface area contributed by atoms with E-state index < -0.39 is 0 Å². The quantitative estimate of drug-likeness (QED) is 0.526. The highest BCUT2D eigenvalue weighted by Crippen LogP contribution is 2.43. The number of aromatic amines is 1. The summed E-state index contributed by atoms with van der Waals surface area (Å²) in [6.07, 6.45) is 5.73. The van der Waals surface area contributed by atoms with E-state index in [-0.39, 0.29) is 11.6 Å². The van der Waals surface area contributed by atoms with Gasteiger partial charge in [-0.2, -0.15) is 15.5 Å². The Morgan fingerprint density at radius 2 is 2.17 bits per heavy atom. The van der Waals surface area contributed by atoms with E-state index in [1.54, 1.807) is 19.4 Å². The molecule has 1 fully saturated rings. The molecule has 0 radical (unpaired) electrons. The predicted molar refractivity (Wildman–Crippen MR) is 111 cm³/mol. The molecule has 1 aliphatic rings. The molecule has 0 amide bonds. The van der Waals surface area contributed by atoms with Crippen LogP contribution >= 0.6 is 0 Å². The van der Waals surface area contributed by atoms with Crippen LogP contribution in [0.15, 0.2) is 42.7 Å². The van der Waals surface area contributed by atoms with E-state index in [9.17, 15) is 5.26 Å². The molecule has 4 aromatic heterocycles. The van der Waals surface area contributed by atoms with Crippen LogP contribution in [0.25, 0.3) is 33.7 Å². The Bertz CT molecular complexity index is 1260. The number of fused-ring (bicyclic) bond motifs is 1. The SMILES string of the molecule is CO[C@H]1C[C@@](CC#N)(n2ccc(-c3nc(-c4cc(N)[nH]n4)cc4ncccc34)n2)C1. The standard InChI is InChI=1S/C21H20N8O/c1-30-13-11-21(12-13,5-6-22)29-8-4-15(28-29)20-14-3-2-7-24-16(14)9-17(25-20)18-10-19(23)27-26-18/h2-4,7-10,13H,5,11-12H2,1H3,(H3,23,26,27)/t13-,21+. The Morgan fingerprint density at radius 1 is 1.30 bits per heavy atom. The number of hydrogen-bond donors (Lipinski definition) is 2. The minimum absolute atomic E-state index is 0.155. The van der Waals surface area contributed by atoms with Gasteiger partial charge in [0.05, 0.1) is 35.3 Å². The van der Waals surface area contributed by atoms with Gasteiger partial charge in [0, 0.05) is 31.0 Å². The second kappa shape index (κ2) is 6.93. The predicted octanol–water partition coefficient (Wildman–Crippen LogP) is 2.88. The summed E-state index contributed by atoms with van der Waals surface area (Å²) in [4.78, 5) is 9.32. The minimum atomic E-state index is -0.337. The van der Waals surface area contributed by atoms with Crippen molar-refractivity contribution >= 4 is 16.7 Å². The lowest BCUT2D eigenvalue weighted by atomic mass is 9.72. The molecule has 0 bridgehead atoms. The number of anilines is 1. The van der Waals surface area contributed by atoms with Crippen LogP contribution in [0.2, 0.25) is 0 Å². The molecule has 1 aliphatic carbocycles. The second-order valence-electron chi connectivity index (χ2n) is 7.61. The topological polar surface area (TPSA) is 131 Å². The molecule has 150 valence electrons. The molecule has 0 saturated heterocycles. The highest BCUT2D eigenvalue weighted by molar-refractivity contribution is 5.93. The van der Waals surface area contributed by atoms with Crippen LogP contribution < -0.4 is 5.73 Å². The van der Waals surface area contributed by atoms with Crippen LogP contribution in [0.1, 0.15) is 19.3 Å². The van der Waals surface area contributed by atoms with Crippen LogP contribution in [0, 0.1) is 11.3 Å². The maximum Gasteiger partial charge on any atom is 0.119 e. The number of aromatic nitrogens is 6. The van der Waals surface area contributed by atoms with Crippen molar-refractivity contribution in [2.24, 2.45) is 0 Å². The maximum absolute atomic E-state index is 9.34. The number of nitrogen functional groups attached to an aromatic ring is 1. The summed E-state index contributed by atoms with van der Waals surface area (Å²) in [5.41, 5.74) is 8.98. The fourth-order valence-corrected chi connectivity index (χ4v) is 4.10. The molecule has 4 aromatic rings. The monoisotopic (exact) mass is 400 g/mol. The number of ether oxygens (including phenoxy) is 1. The van der Waals surface area contributed by atoms with Gasteiger partial charge in [0.2, 0.25) is 0 Å². The summed E-state index contributed by atoms with van der Waals surface area (Å²) < 4.78 is 7.33. The van der Waals surface area contributed by atoms with Crippen LogP contribution in [0.3, 0.4) is 0 Å². The first-order valence-corrected chi connectivity index (χ1v) is 9.65. The van der Waals surface area contributed by atoms with Crippen LogP contribution in [-0.2, 0) is 10.3 Å². The molecule has 1 saturated carbocycles. The average molecular weight is 400 g/mol. The Morgan fingerprint density at radius 3 is 2.90 bits per heavy atom. The van der Waals surface area contributed by atoms with E-state index in [1.807, 2.05) is 35.1 Å². The molecule has 0 spiro atoms. The summed E-state index contributed by atoms with van der Waals surface area (Å²) in [7, 11) is 1.70. The Kier molecular flexibility index (Phi) is 4.22. The molecule has 3 N–H and O–H groups in total. The van der Waals surface area contributed by atoms with Gasteiger partial charge in [-0.25, -0.2) is 4.98 Å². The summed E-state index contributed by atoms with van der Waals surface area (Å²) in [6.45, 7) is 0. The number of rotatable bonds is 5. The first kappa shape index (κ1) is 18.3. The average Bonchev–Trinajstić information content (AvgIpc) is 3.39. The number of nitrogens with one attached hydrogen (secondary N) is 1. The smallest absolute Gasteiger partial charge is 0.119 e. The third-order valence-corrected chi connectivity index (χ3v) is 5.73. The first-order valence-electron chi connectivity index (χ1n) is 9.65. The van der Waals surface area contributed by atoms with Crippen LogP contribution in [-0.4, -0.2) is 43.2 Å². The number of pyridine rings is 2. The van der Waals surface area contributed by atoms with E-state index in [2.05, 4.69) is 21.3 Å². The molecule has 4 heterocycles. The molecular weight excluding hydrogens is 380 g/mol. The summed E-state index contributed by atoms with van der Waals surface area (Å²) >= 11 is 0. The van der Waals surface area contributed by atoms with Crippen molar-refractivity contribution < 1.29 is 4.74 Å². The van der Waals surface area contributed by atoms with Crippen molar-refractivity contribution in [3.05, 3.63) is 42.7 Å². The van der Waals surface area contributed by atoms with Crippen molar-refractivity contribution in [2.45, 2.75) is 30.9 Å². The van der Waals surface area contributed by atoms with Crippen LogP contribution in [0.5, 0.6) is 0 Å². The highest BCUT2D eigenvalue weighted by Gasteiger charge is 2.47. The normalized spacial score (nSPS) is 20.7. The van der Waals surface area contributed by atoms with Gasteiger partial charge in [-0.15, -0.1) is 0 Å². The first-order chi connectivity index (χ1) is 14.6. The zero-order chi connectivity index (χ0) is 20.7. The lowest BCUT2D eigenvalue weighted by Gasteiger charge is -2.45. The maximum atomic E-state index is 9.34. The zero-order valence-corrected chi connectivity index (χ0v) is 16.4. The number of hydrogen-bond acceptors (Lipinski definition) is 7. The van der Waals surface area contributed by atoms with Gasteiger partial charge in [-0.05, 0) is 37.1 Å². The number of nitrogens with two attached hydrogens (primary N) is 1. The van der Waals surface area contributed by atoms with Gasteiger partial charge >= 0.3 is 0 Å². The van der Waals surface area contributed by atoms with E-state index in [4.69, 9.17) is 20.6 Å². The molecule has 0 aliphatic heterocycles. The van der Waals surface area contributed by atoms with Crippen molar-refractivity contribution in [2.75, 3.05) is 12.8 Å². The Balaban J connectivity index is 1.61. The van der Waals surface area contributed by atoms with E-state index in [0.29, 0.717) is 29.3 Å². The number of H-pyrrole nitrogens is 1. The van der Waals surface area contributed by atoms with Gasteiger partial charge in [0.1, 0.15) is 22.9 Å². The van der Waals surface area contributed by atoms with Gasteiger partial charge in [0.25, 0.3) is 0 Å². The highest BCUT2D eigenvalue weighted by atomic mass is 16.5. The van der Waals surface area contributed by atoms with Crippen molar-refractivity contribution in [3.63, 3.8) is 0 Å². The number of nitrogens with zero attached hydrogens (tertiary/aromatic N) is 6. The van der Waals surface area contributed by atoms with Gasteiger partial charge in [-0.1, -0.05) is 0 Å². The molecule has 30 heavy (non-hydrogen) atoms. The van der Waals surface area contributed by atoms with Crippen molar-refractivity contribution in [3.8, 4) is 28.8 Å². The Hall–Kier alpha value is -3.77. The molecule has 0 atom stereocenters. The lowest BCUT2D eigenvalue weighted by molar-refractivity contribution is -0.0541. The van der Waals surface area contributed by atoms with E-state index >= 15 is 0 Å². The number of methoxy groups -OCH3 is 1. The van der Waals surface area contributed by atoms with Crippen molar-refractivity contribution in [1.82, 2.24) is 29.9 Å². The van der Waals surface area contributed by atoms with Crippen LogP contribution in [0.4, 0.5) is 5.82 Å². The van der Waals surface area contributed by atoms with E-state index in [1.165, 1.54) is 0 Å². The Labute approximate surface area is 172 Å². The lowest BCUT2D eigenvalue weighted by Crippen LogP contribution is -2.50. The van der Waals surface area contributed by atoms with Gasteiger partial charge in [0.15, 0.2) is 0 Å². The van der Waals surface area contributed by atoms with Crippen molar-refractivity contribution in [1.29, 1.82) is 5.26 Å². The summed E-state index contributed by atoms with van der Waals surface area (Å²) in [5.74, 6) is 0.467. The molecular formula is C21H20N8O. The van der Waals surface area contributed by atoms with Gasteiger partial charge in [-0.3, -0.25) is 14.8 Å². The summed E-state index contributed by atoms with van der Waals surface area (Å²) in [6, 6.07) is 11.7. The molecule has 5 rings (SSSR count). The molecule has 0 unspecified atom stereocenters. The third kappa shape index (κ3) is 2.89. The second-order valence-corrected chi connectivity index (χ2v) is 7.61. The molecule has 9 heteroatoms. The van der Waals surface area contributed by atoms with E-state index in [0.717, 1.165) is 29.4 Å². The zero-order valence-electron chi connectivity index (χ0n) is 16.4. The molecule has 9 nitrogen and oxygen atoms in total. The third-order valence-electron chi connectivity index (χ3n) is 5.73. The van der Waals surface area contributed by atoms with Gasteiger partial charge < -0.3 is 10.5 Å². The number of nitriles is 1.